The molecule has 128 valence electrons. The first-order valence-corrected chi connectivity index (χ1v) is 8.14. The van der Waals surface area contributed by atoms with Crippen molar-refractivity contribution in [3.8, 4) is 0 Å². The number of hydrogen-bond acceptors (Lipinski definition) is 7. The Bertz CT molecular complexity index is 667. The molecule has 0 saturated carbocycles. The van der Waals surface area contributed by atoms with Crippen molar-refractivity contribution in [1.29, 1.82) is 0 Å². The Labute approximate surface area is 140 Å². The number of nitrogens with zero attached hydrogens (tertiary/aromatic N) is 4. The fourth-order valence-electron chi connectivity index (χ4n) is 2.69. The first kappa shape index (κ1) is 16.5. The van der Waals surface area contributed by atoms with Gasteiger partial charge in [0.05, 0.1) is 18.0 Å². The van der Waals surface area contributed by atoms with Gasteiger partial charge in [-0.3, -0.25) is 4.79 Å². The van der Waals surface area contributed by atoms with Crippen molar-refractivity contribution in [3.05, 3.63) is 35.7 Å². The molecule has 0 bridgehead atoms. The Kier molecular flexibility index (Phi) is 5.14. The van der Waals surface area contributed by atoms with Crippen molar-refractivity contribution in [2.45, 2.75) is 38.6 Å². The van der Waals surface area contributed by atoms with E-state index in [2.05, 4.69) is 25.7 Å². The lowest BCUT2D eigenvalue weighted by atomic mass is 9.91. The second kappa shape index (κ2) is 7.48. The molecule has 24 heavy (non-hydrogen) atoms. The van der Waals surface area contributed by atoms with Crippen LogP contribution in [0.25, 0.3) is 0 Å². The van der Waals surface area contributed by atoms with Crippen LogP contribution < -0.4 is 5.32 Å². The van der Waals surface area contributed by atoms with Crippen LogP contribution in [0.2, 0.25) is 0 Å². The maximum atomic E-state index is 12.5. The Morgan fingerprint density at radius 3 is 2.71 bits per heavy atom. The van der Waals surface area contributed by atoms with Crippen LogP contribution >= 0.6 is 0 Å². The van der Waals surface area contributed by atoms with Crippen LogP contribution in [0.5, 0.6) is 0 Å². The van der Waals surface area contributed by atoms with Gasteiger partial charge in [0.15, 0.2) is 5.82 Å². The zero-order valence-corrected chi connectivity index (χ0v) is 13.8. The predicted molar refractivity (Wildman–Crippen MR) is 84.2 cm³/mol. The van der Waals surface area contributed by atoms with Crippen LogP contribution in [0.3, 0.4) is 0 Å². The van der Waals surface area contributed by atoms with E-state index in [1.165, 1.54) is 12.4 Å². The molecule has 1 fully saturated rings. The molecule has 0 spiro atoms. The maximum absolute atomic E-state index is 12.5. The van der Waals surface area contributed by atoms with Crippen molar-refractivity contribution in [1.82, 2.24) is 25.7 Å². The third-order valence-electron chi connectivity index (χ3n) is 4.11. The summed E-state index contributed by atoms with van der Waals surface area (Å²) in [6.07, 6.45) is 4.59. The summed E-state index contributed by atoms with van der Waals surface area (Å²) in [4.78, 5) is 17.0. The summed E-state index contributed by atoms with van der Waals surface area (Å²) in [7, 11) is 0. The summed E-state index contributed by atoms with van der Waals surface area (Å²) < 4.78 is 10.9. The number of amides is 1. The molecule has 8 nitrogen and oxygen atoms in total. The molecular weight excluding hydrogens is 310 g/mol. The SMILES string of the molecule is CC(C)c1noc(C(NC(=O)c2ccnnc2)C2CCOCC2)n1. The number of hydrogen-bond donors (Lipinski definition) is 1. The van der Waals surface area contributed by atoms with E-state index in [9.17, 15) is 4.79 Å². The van der Waals surface area contributed by atoms with Crippen molar-refractivity contribution < 1.29 is 14.1 Å². The number of carbonyl (C=O) groups is 1. The first-order chi connectivity index (χ1) is 11.6. The minimum atomic E-state index is -0.338. The van der Waals surface area contributed by atoms with Gasteiger partial charge in [-0.05, 0) is 24.8 Å². The Balaban J connectivity index is 1.82. The van der Waals surface area contributed by atoms with Gasteiger partial charge in [-0.1, -0.05) is 19.0 Å². The summed E-state index contributed by atoms with van der Waals surface area (Å²) in [6, 6.07) is 1.28. The number of ether oxygens (including phenoxy) is 1. The molecule has 1 N–H and O–H groups in total. The predicted octanol–water partition coefficient (Wildman–Crippen LogP) is 1.88. The molecule has 1 saturated heterocycles. The molecule has 1 amide bonds. The number of nitrogens with one attached hydrogen (secondary N) is 1. The van der Waals surface area contributed by atoms with E-state index >= 15 is 0 Å². The summed E-state index contributed by atoms with van der Waals surface area (Å²) >= 11 is 0. The monoisotopic (exact) mass is 331 g/mol. The van der Waals surface area contributed by atoms with Gasteiger partial charge < -0.3 is 14.6 Å². The topological polar surface area (TPSA) is 103 Å². The van der Waals surface area contributed by atoms with Gasteiger partial charge in [-0.15, -0.1) is 0 Å². The van der Waals surface area contributed by atoms with Crippen LogP contribution in [0.4, 0.5) is 0 Å². The van der Waals surface area contributed by atoms with E-state index in [0.29, 0.717) is 30.5 Å². The average molecular weight is 331 g/mol. The smallest absolute Gasteiger partial charge is 0.253 e. The van der Waals surface area contributed by atoms with Crippen LogP contribution in [0.1, 0.15) is 60.7 Å². The van der Waals surface area contributed by atoms with E-state index in [1.54, 1.807) is 6.07 Å². The fourth-order valence-corrected chi connectivity index (χ4v) is 2.69. The highest BCUT2D eigenvalue weighted by atomic mass is 16.5. The molecule has 3 rings (SSSR count). The summed E-state index contributed by atoms with van der Waals surface area (Å²) in [5, 5.41) is 14.5. The van der Waals surface area contributed by atoms with Crippen molar-refractivity contribution in [2.24, 2.45) is 5.92 Å². The van der Waals surface area contributed by atoms with Crippen LogP contribution in [0, 0.1) is 5.92 Å². The molecule has 2 aromatic heterocycles. The van der Waals surface area contributed by atoms with Crippen LogP contribution in [-0.2, 0) is 4.74 Å². The van der Waals surface area contributed by atoms with E-state index in [0.717, 1.165) is 12.8 Å². The minimum Gasteiger partial charge on any atom is -0.381 e. The Morgan fingerprint density at radius 2 is 2.08 bits per heavy atom. The molecule has 0 radical (unpaired) electrons. The Hall–Kier alpha value is -2.35. The molecule has 3 heterocycles. The second-order valence-electron chi connectivity index (χ2n) is 6.18. The standard InChI is InChI=1S/C16H21N5O3/c1-10(2)14-20-16(24-21-14)13(11-4-7-23-8-5-11)19-15(22)12-3-6-17-18-9-12/h3,6,9-11,13H,4-5,7-8H2,1-2H3,(H,19,22). The lowest BCUT2D eigenvalue weighted by Crippen LogP contribution is -2.36. The summed E-state index contributed by atoms with van der Waals surface area (Å²) in [5.41, 5.74) is 0.450. The average Bonchev–Trinajstić information content (AvgIpc) is 3.11. The summed E-state index contributed by atoms with van der Waals surface area (Å²) in [6.45, 7) is 5.33. The van der Waals surface area contributed by atoms with Gasteiger partial charge in [-0.25, -0.2) is 0 Å². The largest absolute Gasteiger partial charge is 0.381 e. The highest BCUT2D eigenvalue weighted by Crippen LogP contribution is 2.30. The lowest BCUT2D eigenvalue weighted by molar-refractivity contribution is 0.0467. The molecule has 1 unspecified atom stereocenters. The quantitative estimate of drug-likeness (QED) is 0.892. The van der Waals surface area contributed by atoms with E-state index in [1.807, 2.05) is 13.8 Å². The lowest BCUT2D eigenvalue weighted by Gasteiger charge is -2.28. The molecule has 1 aliphatic heterocycles. The molecule has 2 aromatic rings. The number of carbonyl (C=O) groups excluding carboxylic acids is 1. The van der Waals surface area contributed by atoms with Crippen LogP contribution in [0.15, 0.2) is 23.0 Å². The number of rotatable bonds is 5. The zero-order chi connectivity index (χ0) is 16.9. The normalized spacial score (nSPS) is 17.0. The molecule has 1 atom stereocenters. The van der Waals surface area contributed by atoms with Crippen molar-refractivity contribution in [2.75, 3.05) is 13.2 Å². The fraction of sp³-hybridized carbons (Fsp3) is 0.562. The third kappa shape index (κ3) is 3.76. The van der Waals surface area contributed by atoms with Gasteiger partial charge >= 0.3 is 0 Å². The second-order valence-corrected chi connectivity index (χ2v) is 6.18. The molecular formula is C16H21N5O3. The van der Waals surface area contributed by atoms with E-state index in [4.69, 9.17) is 9.26 Å². The summed E-state index contributed by atoms with van der Waals surface area (Å²) in [5.74, 6) is 1.21. The highest BCUT2D eigenvalue weighted by Gasteiger charge is 2.32. The van der Waals surface area contributed by atoms with Gasteiger partial charge in [0.1, 0.15) is 6.04 Å². The van der Waals surface area contributed by atoms with Crippen LogP contribution in [-0.4, -0.2) is 39.5 Å². The number of aromatic nitrogens is 4. The van der Waals surface area contributed by atoms with Crippen molar-refractivity contribution >= 4 is 5.91 Å². The molecule has 1 aliphatic rings. The molecule has 0 aliphatic carbocycles. The van der Waals surface area contributed by atoms with Gasteiger partial charge in [-0.2, -0.15) is 15.2 Å². The van der Waals surface area contributed by atoms with Gasteiger partial charge in [0.25, 0.3) is 5.91 Å². The minimum absolute atomic E-state index is 0.165. The van der Waals surface area contributed by atoms with Gasteiger partial charge in [0, 0.05) is 19.1 Å². The van der Waals surface area contributed by atoms with E-state index in [-0.39, 0.29) is 23.8 Å². The third-order valence-corrected chi connectivity index (χ3v) is 4.11. The van der Waals surface area contributed by atoms with Gasteiger partial charge in [0.2, 0.25) is 5.89 Å². The Morgan fingerprint density at radius 1 is 1.29 bits per heavy atom. The molecule has 8 heteroatoms. The highest BCUT2D eigenvalue weighted by molar-refractivity contribution is 5.93. The maximum Gasteiger partial charge on any atom is 0.253 e. The van der Waals surface area contributed by atoms with E-state index < -0.39 is 0 Å². The first-order valence-electron chi connectivity index (χ1n) is 8.14. The zero-order valence-electron chi connectivity index (χ0n) is 13.8. The van der Waals surface area contributed by atoms with Crippen molar-refractivity contribution in [3.63, 3.8) is 0 Å². The molecule has 0 aromatic carbocycles.